The van der Waals surface area contributed by atoms with Crippen LogP contribution in [0.1, 0.15) is 91.4 Å². The number of ether oxygens (including phenoxy) is 2. The average molecular weight is 539 g/mol. The van der Waals surface area contributed by atoms with E-state index in [1.54, 1.807) is 0 Å². The SMILES string of the molecule is C[C@H](CCC(=O)O)[C@H]1CC[C@H]2[C@@H]3CC[C@@H]4C[C@H](O[C@H]5O[C@H](CO)[C@@H](O)[C@H](O)[C@@H]5O)CC[C@]4(C)[C@H]3CC[C@]12C. The lowest BCUT2D eigenvalue weighted by atomic mass is 9.44. The summed E-state index contributed by atoms with van der Waals surface area (Å²) >= 11 is 0. The van der Waals surface area contributed by atoms with E-state index >= 15 is 0 Å². The minimum Gasteiger partial charge on any atom is -0.481 e. The summed E-state index contributed by atoms with van der Waals surface area (Å²) in [5.41, 5.74) is 0.595. The smallest absolute Gasteiger partial charge is 0.303 e. The molecule has 0 amide bonds. The summed E-state index contributed by atoms with van der Waals surface area (Å²) in [5, 5.41) is 49.4. The molecule has 8 nitrogen and oxygen atoms in total. The number of hydrogen-bond acceptors (Lipinski definition) is 7. The van der Waals surface area contributed by atoms with Crippen LogP contribution in [0.5, 0.6) is 0 Å². The van der Waals surface area contributed by atoms with Crippen LogP contribution in [0.2, 0.25) is 0 Å². The van der Waals surface area contributed by atoms with Crippen molar-refractivity contribution >= 4 is 5.97 Å². The zero-order chi connectivity index (χ0) is 27.4. The fourth-order valence-corrected chi connectivity index (χ4v) is 10.2. The number of carboxylic acids is 1. The van der Waals surface area contributed by atoms with Crippen LogP contribution in [0.3, 0.4) is 0 Å². The van der Waals surface area contributed by atoms with Gasteiger partial charge in [-0.15, -0.1) is 0 Å². The van der Waals surface area contributed by atoms with Crippen LogP contribution in [0.4, 0.5) is 0 Å². The molecule has 5 fully saturated rings. The summed E-state index contributed by atoms with van der Waals surface area (Å²) in [6.07, 6.45) is 5.16. The van der Waals surface area contributed by atoms with E-state index in [0.29, 0.717) is 29.1 Å². The quantitative estimate of drug-likeness (QED) is 0.311. The Balaban J connectivity index is 1.23. The summed E-state index contributed by atoms with van der Waals surface area (Å²) in [7, 11) is 0. The molecule has 0 unspecified atom stereocenters. The summed E-state index contributed by atoms with van der Waals surface area (Å²) in [6, 6.07) is 0. The Morgan fingerprint density at radius 3 is 2.37 bits per heavy atom. The van der Waals surface area contributed by atoms with Crippen molar-refractivity contribution in [3.05, 3.63) is 0 Å². The van der Waals surface area contributed by atoms with Crippen molar-refractivity contribution in [3.63, 3.8) is 0 Å². The molecule has 1 saturated heterocycles. The molecule has 0 spiro atoms. The predicted octanol–water partition coefficient (Wildman–Crippen LogP) is 3.33. The Kier molecular flexibility index (Phi) is 8.25. The van der Waals surface area contributed by atoms with Gasteiger partial charge in [-0.05, 0) is 111 Å². The predicted molar refractivity (Wildman–Crippen MR) is 140 cm³/mol. The van der Waals surface area contributed by atoms with Crippen molar-refractivity contribution in [1.82, 2.24) is 0 Å². The van der Waals surface area contributed by atoms with E-state index in [-0.39, 0.29) is 17.9 Å². The number of carbonyl (C=O) groups is 1. The first-order valence-electron chi connectivity index (χ1n) is 15.2. The van der Waals surface area contributed by atoms with E-state index in [4.69, 9.17) is 9.47 Å². The Hall–Kier alpha value is -0.770. The molecule has 1 aliphatic heterocycles. The maximum atomic E-state index is 11.2. The molecular formula is C30H50O8. The molecule has 0 aromatic carbocycles. The molecule has 8 heteroatoms. The third-order valence-electron chi connectivity index (χ3n) is 12.4. The van der Waals surface area contributed by atoms with Crippen molar-refractivity contribution in [3.8, 4) is 0 Å². The summed E-state index contributed by atoms with van der Waals surface area (Å²) < 4.78 is 11.8. The van der Waals surface area contributed by atoms with Crippen LogP contribution in [-0.4, -0.2) is 74.9 Å². The minimum absolute atomic E-state index is 0.0779. The molecule has 0 radical (unpaired) electrons. The van der Waals surface area contributed by atoms with Gasteiger partial charge in [-0.3, -0.25) is 4.79 Å². The fraction of sp³-hybridized carbons (Fsp3) is 0.967. The van der Waals surface area contributed by atoms with E-state index < -0.39 is 43.3 Å². The second-order valence-electron chi connectivity index (χ2n) is 14.0. The fourth-order valence-electron chi connectivity index (χ4n) is 10.2. The standard InChI is InChI=1S/C30H50O8/c1-16(4-9-24(32)33)20-7-8-21-19-6-5-17-14-18(10-12-29(17,2)22(19)11-13-30(20,21)3)37-28-27(36)26(35)25(34)23(15-31)38-28/h16-23,25-28,31,34-36H,4-15H2,1-3H3,(H,32,33)/t16-,17-,18-,19+,20-,21+,22+,23-,25-,26+,27+,28+,29+,30-/m1/s1. The van der Waals surface area contributed by atoms with Crippen LogP contribution in [0.25, 0.3) is 0 Å². The highest BCUT2D eigenvalue weighted by Gasteiger charge is 2.61. The first-order valence-corrected chi connectivity index (χ1v) is 15.2. The molecule has 1 heterocycles. The molecule has 14 atom stereocenters. The van der Waals surface area contributed by atoms with Gasteiger partial charge < -0.3 is 35.0 Å². The highest BCUT2D eigenvalue weighted by molar-refractivity contribution is 5.66. The topological polar surface area (TPSA) is 137 Å². The van der Waals surface area contributed by atoms with Gasteiger partial charge in [0.05, 0.1) is 12.7 Å². The van der Waals surface area contributed by atoms with Gasteiger partial charge >= 0.3 is 5.97 Å². The van der Waals surface area contributed by atoms with Gasteiger partial charge in [-0.1, -0.05) is 20.8 Å². The molecule has 5 N–H and O–H groups in total. The third-order valence-corrected chi connectivity index (χ3v) is 12.4. The van der Waals surface area contributed by atoms with E-state index in [1.165, 1.54) is 38.5 Å². The van der Waals surface area contributed by atoms with Gasteiger partial charge in [-0.2, -0.15) is 0 Å². The molecule has 38 heavy (non-hydrogen) atoms. The lowest BCUT2D eigenvalue weighted by Gasteiger charge is -2.61. The van der Waals surface area contributed by atoms with Gasteiger partial charge in [0.2, 0.25) is 0 Å². The summed E-state index contributed by atoms with van der Waals surface area (Å²) in [6.45, 7) is 6.85. The molecule has 0 aromatic rings. The van der Waals surface area contributed by atoms with Crippen molar-refractivity contribution in [2.45, 2.75) is 128 Å². The molecule has 5 rings (SSSR count). The summed E-state index contributed by atoms with van der Waals surface area (Å²) in [4.78, 5) is 11.2. The van der Waals surface area contributed by atoms with Crippen LogP contribution in [-0.2, 0) is 14.3 Å². The monoisotopic (exact) mass is 538 g/mol. The highest BCUT2D eigenvalue weighted by Crippen LogP contribution is 2.68. The normalized spacial score (nSPS) is 51.5. The Labute approximate surface area is 227 Å². The van der Waals surface area contributed by atoms with Crippen molar-refractivity contribution in [1.29, 1.82) is 0 Å². The largest absolute Gasteiger partial charge is 0.481 e. The number of aliphatic carboxylic acids is 1. The number of aliphatic hydroxyl groups excluding tert-OH is 4. The Bertz CT molecular complexity index is 850. The van der Waals surface area contributed by atoms with E-state index in [2.05, 4.69) is 20.8 Å². The van der Waals surface area contributed by atoms with E-state index in [9.17, 15) is 30.3 Å². The number of fused-ring (bicyclic) bond motifs is 5. The molecule has 5 aliphatic rings. The van der Waals surface area contributed by atoms with Crippen LogP contribution in [0, 0.1) is 46.3 Å². The van der Waals surface area contributed by atoms with Crippen LogP contribution in [0.15, 0.2) is 0 Å². The first kappa shape index (κ1) is 28.7. The molecule has 4 saturated carbocycles. The van der Waals surface area contributed by atoms with Gasteiger partial charge in [0.1, 0.15) is 24.4 Å². The Morgan fingerprint density at radius 2 is 1.66 bits per heavy atom. The van der Waals surface area contributed by atoms with Gasteiger partial charge in [0.15, 0.2) is 6.29 Å². The number of rotatable bonds is 7. The summed E-state index contributed by atoms with van der Waals surface area (Å²) in [5.74, 6) is 3.14. The molecule has 0 aromatic heterocycles. The van der Waals surface area contributed by atoms with Gasteiger partial charge in [-0.25, -0.2) is 0 Å². The van der Waals surface area contributed by atoms with Crippen LogP contribution >= 0.6 is 0 Å². The number of hydrogen-bond donors (Lipinski definition) is 5. The van der Waals surface area contributed by atoms with Crippen molar-refractivity contribution < 1.29 is 39.8 Å². The lowest BCUT2D eigenvalue weighted by Crippen LogP contribution is -2.60. The second kappa shape index (κ2) is 10.9. The average Bonchev–Trinajstić information content (AvgIpc) is 3.25. The molecule has 218 valence electrons. The third kappa shape index (κ3) is 4.85. The highest BCUT2D eigenvalue weighted by atomic mass is 16.7. The maximum absolute atomic E-state index is 11.2. The van der Waals surface area contributed by atoms with Crippen LogP contribution < -0.4 is 0 Å². The molecule has 0 bridgehead atoms. The number of carboxylic acid groups (broad SMARTS) is 1. The zero-order valence-electron chi connectivity index (χ0n) is 23.4. The van der Waals surface area contributed by atoms with Crippen molar-refractivity contribution in [2.75, 3.05) is 6.61 Å². The maximum Gasteiger partial charge on any atom is 0.303 e. The molecule has 4 aliphatic carbocycles. The van der Waals surface area contributed by atoms with E-state index in [0.717, 1.165) is 37.5 Å². The second-order valence-corrected chi connectivity index (χ2v) is 14.0. The Morgan fingerprint density at radius 1 is 0.947 bits per heavy atom. The van der Waals surface area contributed by atoms with Gasteiger partial charge in [0.25, 0.3) is 0 Å². The minimum atomic E-state index is -1.41. The zero-order valence-corrected chi connectivity index (χ0v) is 23.4. The van der Waals surface area contributed by atoms with Gasteiger partial charge in [0, 0.05) is 6.42 Å². The van der Waals surface area contributed by atoms with E-state index in [1.807, 2.05) is 0 Å². The van der Waals surface area contributed by atoms with Crippen molar-refractivity contribution in [2.24, 2.45) is 46.3 Å². The molecular weight excluding hydrogens is 488 g/mol. The first-order chi connectivity index (χ1) is 18.0. The lowest BCUT2D eigenvalue weighted by molar-refractivity contribution is -0.316. The number of aliphatic hydroxyl groups is 4.